The Bertz CT molecular complexity index is 425. The van der Waals surface area contributed by atoms with Gasteiger partial charge in [-0.1, -0.05) is 11.6 Å². The van der Waals surface area contributed by atoms with Gasteiger partial charge in [0.05, 0.1) is 0 Å². The van der Waals surface area contributed by atoms with Crippen LogP contribution in [-0.4, -0.2) is 9.97 Å². The summed E-state index contributed by atoms with van der Waals surface area (Å²) in [7, 11) is 0. The topological polar surface area (TPSA) is 25.8 Å². The van der Waals surface area contributed by atoms with Crippen LogP contribution in [0, 0.1) is 6.92 Å². The Kier molecular flexibility index (Phi) is 2.29. The molecule has 0 aliphatic rings. The molecule has 0 fully saturated rings. The van der Waals surface area contributed by atoms with Crippen LogP contribution in [0.4, 0.5) is 0 Å². The molecule has 0 bridgehead atoms. The van der Waals surface area contributed by atoms with E-state index in [4.69, 9.17) is 11.6 Å². The van der Waals surface area contributed by atoms with Gasteiger partial charge in [0, 0.05) is 22.8 Å². The van der Waals surface area contributed by atoms with Crippen molar-refractivity contribution in [3.8, 4) is 10.6 Å². The summed E-state index contributed by atoms with van der Waals surface area (Å²) in [5.74, 6) is 0. The molecule has 2 aromatic heterocycles. The van der Waals surface area contributed by atoms with Gasteiger partial charge in [-0.25, -0.2) is 9.97 Å². The molecule has 13 heavy (non-hydrogen) atoms. The molecule has 0 atom stereocenters. The first-order valence-corrected chi connectivity index (χ1v) is 5.06. The third-order valence-electron chi connectivity index (χ3n) is 1.61. The van der Waals surface area contributed by atoms with Crippen molar-refractivity contribution in [2.24, 2.45) is 0 Å². The lowest BCUT2D eigenvalue weighted by Gasteiger charge is -1.96. The van der Waals surface area contributed by atoms with Crippen LogP contribution in [0.2, 0.25) is 5.15 Å². The number of hydrogen-bond acceptors (Lipinski definition) is 3. The Morgan fingerprint density at radius 3 is 2.92 bits per heavy atom. The zero-order valence-electron chi connectivity index (χ0n) is 6.99. The predicted octanol–water partition coefficient (Wildman–Crippen LogP) is 3.17. The summed E-state index contributed by atoms with van der Waals surface area (Å²) >= 11 is 7.50. The summed E-state index contributed by atoms with van der Waals surface area (Å²) in [4.78, 5) is 8.33. The number of nitrogens with zero attached hydrogens (tertiary/aromatic N) is 2. The maximum atomic E-state index is 5.92. The van der Waals surface area contributed by atoms with Gasteiger partial charge in [0.15, 0.2) is 0 Å². The van der Waals surface area contributed by atoms with E-state index in [0.29, 0.717) is 5.15 Å². The average Bonchev–Trinajstić information content (AvgIpc) is 2.53. The van der Waals surface area contributed by atoms with Crippen molar-refractivity contribution in [1.82, 2.24) is 9.97 Å². The van der Waals surface area contributed by atoms with E-state index in [1.165, 1.54) is 0 Å². The van der Waals surface area contributed by atoms with Crippen molar-refractivity contribution in [2.45, 2.75) is 6.92 Å². The molecule has 66 valence electrons. The van der Waals surface area contributed by atoms with Crippen molar-refractivity contribution in [3.63, 3.8) is 0 Å². The Labute approximate surface area is 85.2 Å². The smallest absolute Gasteiger partial charge is 0.139 e. The first-order chi connectivity index (χ1) is 6.27. The second kappa shape index (κ2) is 3.44. The minimum atomic E-state index is 0.511. The van der Waals surface area contributed by atoms with E-state index < -0.39 is 0 Å². The lowest BCUT2D eigenvalue weighted by atomic mass is 10.3. The highest BCUT2D eigenvalue weighted by Crippen LogP contribution is 2.28. The number of aromatic nitrogens is 2. The lowest BCUT2D eigenvalue weighted by Crippen LogP contribution is -1.81. The van der Waals surface area contributed by atoms with Gasteiger partial charge in [-0.05, 0) is 19.1 Å². The molecule has 0 radical (unpaired) electrons. The summed E-state index contributed by atoms with van der Waals surface area (Å²) in [6, 6.07) is 3.78. The van der Waals surface area contributed by atoms with Crippen molar-refractivity contribution in [1.29, 1.82) is 0 Å². The molecule has 0 amide bonds. The summed E-state index contributed by atoms with van der Waals surface area (Å²) in [5.41, 5.74) is 1.92. The molecule has 2 nitrogen and oxygen atoms in total. The van der Waals surface area contributed by atoms with Gasteiger partial charge in [0.25, 0.3) is 0 Å². The number of rotatable bonds is 1. The summed E-state index contributed by atoms with van der Waals surface area (Å²) < 4.78 is 0. The lowest BCUT2D eigenvalue weighted by molar-refractivity contribution is 1.25. The highest BCUT2D eigenvalue weighted by molar-refractivity contribution is 7.13. The van der Waals surface area contributed by atoms with Gasteiger partial charge in [-0.3, -0.25) is 0 Å². The van der Waals surface area contributed by atoms with Crippen LogP contribution < -0.4 is 0 Å². The molecule has 2 aromatic rings. The summed E-state index contributed by atoms with van der Waals surface area (Å²) in [6.45, 7) is 1.96. The highest BCUT2D eigenvalue weighted by atomic mass is 35.5. The van der Waals surface area contributed by atoms with Crippen LogP contribution >= 0.6 is 22.9 Å². The first-order valence-electron chi connectivity index (χ1n) is 3.80. The molecule has 0 N–H and O–H groups in total. The highest BCUT2D eigenvalue weighted by Gasteiger charge is 2.06. The second-order valence-electron chi connectivity index (χ2n) is 2.64. The maximum absolute atomic E-state index is 5.92. The second-order valence-corrected chi connectivity index (χ2v) is 3.85. The van der Waals surface area contributed by atoms with Crippen molar-refractivity contribution in [2.75, 3.05) is 0 Å². The maximum Gasteiger partial charge on any atom is 0.139 e. The van der Waals surface area contributed by atoms with Crippen LogP contribution in [0.5, 0.6) is 0 Å². The fraction of sp³-hybridized carbons (Fsp3) is 0.111. The van der Waals surface area contributed by atoms with Crippen LogP contribution in [0.15, 0.2) is 23.7 Å². The first kappa shape index (κ1) is 8.66. The van der Waals surface area contributed by atoms with Gasteiger partial charge in [0.2, 0.25) is 0 Å². The van der Waals surface area contributed by atoms with Crippen molar-refractivity contribution in [3.05, 3.63) is 34.6 Å². The molecular weight excluding hydrogens is 204 g/mol. The Balaban J connectivity index is 2.52. The van der Waals surface area contributed by atoms with E-state index in [-0.39, 0.29) is 0 Å². The molecule has 2 rings (SSSR count). The van der Waals surface area contributed by atoms with Crippen LogP contribution in [-0.2, 0) is 0 Å². The standard InChI is InChI=1S/C9H7ClN2S/c1-6-5-13-9(12-6)7-3-2-4-11-8(7)10/h2-5H,1H3. The van der Waals surface area contributed by atoms with Gasteiger partial charge in [0.1, 0.15) is 10.2 Å². The van der Waals surface area contributed by atoms with E-state index in [9.17, 15) is 0 Å². The molecule has 4 heteroatoms. The third-order valence-corrected chi connectivity index (χ3v) is 2.90. The van der Waals surface area contributed by atoms with E-state index in [1.54, 1.807) is 17.5 Å². The minimum absolute atomic E-state index is 0.511. The minimum Gasteiger partial charge on any atom is -0.244 e. The largest absolute Gasteiger partial charge is 0.244 e. The fourth-order valence-corrected chi connectivity index (χ4v) is 2.11. The molecule has 0 saturated heterocycles. The Morgan fingerprint density at radius 1 is 1.46 bits per heavy atom. The van der Waals surface area contributed by atoms with Gasteiger partial charge in [-0.15, -0.1) is 11.3 Å². The number of pyridine rings is 1. The predicted molar refractivity (Wildman–Crippen MR) is 55.1 cm³/mol. The molecule has 0 aromatic carbocycles. The Morgan fingerprint density at radius 2 is 2.31 bits per heavy atom. The Hall–Kier alpha value is -0.930. The molecular formula is C9H7ClN2S. The van der Waals surface area contributed by atoms with Gasteiger partial charge >= 0.3 is 0 Å². The average molecular weight is 211 g/mol. The number of hydrogen-bond donors (Lipinski definition) is 0. The van der Waals surface area contributed by atoms with E-state index >= 15 is 0 Å². The molecule has 0 saturated carbocycles. The third kappa shape index (κ3) is 1.71. The summed E-state index contributed by atoms with van der Waals surface area (Å²) in [5, 5.41) is 3.44. The molecule has 0 aliphatic carbocycles. The van der Waals surface area contributed by atoms with Gasteiger partial charge < -0.3 is 0 Å². The molecule has 2 heterocycles. The normalized spacial score (nSPS) is 10.3. The van der Waals surface area contributed by atoms with Crippen molar-refractivity contribution < 1.29 is 0 Å². The summed E-state index contributed by atoms with van der Waals surface area (Å²) in [6.07, 6.45) is 1.67. The number of aryl methyl sites for hydroxylation is 1. The molecule has 0 unspecified atom stereocenters. The van der Waals surface area contributed by atoms with Gasteiger partial charge in [-0.2, -0.15) is 0 Å². The van der Waals surface area contributed by atoms with Crippen molar-refractivity contribution >= 4 is 22.9 Å². The van der Waals surface area contributed by atoms with E-state index in [2.05, 4.69) is 9.97 Å². The van der Waals surface area contributed by atoms with E-state index in [1.807, 2.05) is 24.4 Å². The SMILES string of the molecule is Cc1csc(-c2cccnc2Cl)n1. The van der Waals surface area contributed by atoms with Crippen LogP contribution in [0.25, 0.3) is 10.6 Å². The molecule has 0 spiro atoms. The quantitative estimate of drug-likeness (QED) is 0.676. The van der Waals surface area contributed by atoms with Crippen LogP contribution in [0.3, 0.4) is 0 Å². The zero-order chi connectivity index (χ0) is 9.26. The van der Waals surface area contributed by atoms with E-state index in [0.717, 1.165) is 16.3 Å². The van der Waals surface area contributed by atoms with Crippen LogP contribution in [0.1, 0.15) is 5.69 Å². The fourth-order valence-electron chi connectivity index (χ4n) is 1.02. The number of thiazole rings is 1. The molecule has 0 aliphatic heterocycles. The number of halogens is 1. The zero-order valence-corrected chi connectivity index (χ0v) is 8.56. The monoisotopic (exact) mass is 210 g/mol.